The second-order valence-corrected chi connectivity index (χ2v) is 4.84. The number of halogens is 1. The molecule has 0 aromatic heterocycles. The maximum atomic E-state index is 13.6. The van der Waals surface area contributed by atoms with Crippen molar-refractivity contribution in [2.75, 3.05) is 19.8 Å². The van der Waals surface area contributed by atoms with Crippen molar-refractivity contribution in [3.05, 3.63) is 59.4 Å². The minimum absolute atomic E-state index is 0.0316. The fourth-order valence-electron chi connectivity index (χ4n) is 1.85. The van der Waals surface area contributed by atoms with Gasteiger partial charge in [0.05, 0.1) is 5.56 Å². The first-order chi connectivity index (χ1) is 9.99. The number of nitrogen functional groups attached to an aromatic ring is 1. The first-order valence-corrected chi connectivity index (χ1v) is 6.46. The summed E-state index contributed by atoms with van der Waals surface area (Å²) >= 11 is 0. The van der Waals surface area contributed by atoms with Gasteiger partial charge in [0.25, 0.3) is 5.91 Å². The summed E-state index contributed by atoms with van der Waals surface area (Å²) in [6, 6.07) is 11.1. The number of rotatable bonds is 4. The molecule has 21 heavy (non-hydrogen) atoms. The van der Waals surface area contributed by atoms with Crippen LogP contribution in [0.2, 0.25) is 0 Å². The molecule has 0 aliphatic carbocycles. The summed E-state index contributed by atoms with van der Waals surface area (Å²) < 4.78 is 19.2. The average molecular weight is 288 g/mol. The molecule has 2 rings (SSSR count). The summed E-state index contributed by atoms with van der Waals surface area (Å²) in [5.74, 6) is -0.197. The molecule has 0 saturated heterocycles. The summed E-state index contributed by atoms with van der Waals surface area (Å²) in [5, 5.41) is 0. The molecule has 2 aromatic carbocycles. The minimum atomic E-state index is -0.345. The van der Waals surface area contributed by atoms with Gasteiger partial charge in [-0.1, -0.05) is 18.2 Å². The second-order valence-electron chi connectivity index (χ2n) is 4.84. The van der Waals surface area contributed by atoms with E-state index < -0.39 is 0 Å². The third-order valence-electron chi connectivity index (χ3n) is 2.98. The van der Waals surface area contributed by atoms with Crippen LogP contribution < -0.4 is 10.5 Å². The quantitative estimate of drug-likeness (QED) is 0.880. The normalized spacial score (nSPS) is 10.2. The molecule has 0 atom stereocenters. The van der Waals surface area contributed by atoms with Crippen LogP contribution in [0.5, 0.6) is 5.75 Å². The van der Waals surface area contributed by atoms with Gasteiger partial charge < -0.3 is 15.4 Å². The van der Waals surface area contributed by atoms with Crippen molar-refractivity contribution >= 4 is 11.6 Å². The van der Waals surface area contributed by atoms with Gasteiger partial charge in [0, 0.05) is 31.4 Å². The molecule has 0 unspecified atom stereocenters. The summed E-state index contributed by atoms with van der Waals surface area (Å²) in [7, 11) is 3.30. The van der Waals surface area contributed by atoms with Gasteiger partial charge in [-0.3, -0.25) is 4.79 Å². The highest BCUT2D eigenvalue weighted by molar-refractivity contribution is 5.97. The molecular formula is C16H17FN2O2. The number of ether oxygens (including phenoxy) is 1. The SMILES string of the molecule is CN(C)C(=O)c1ccc(N)cc1OCc1ccccc1F. The fraction of sp³-hybridized carbons (Fsp3) is 0.188. The third kappa shape index (κ3) is 3.51. The zero-order valence-corrected chi connectivity index (χ0v) is 12.0. The number of hydrogen-bond donors (Lipinski definition) is 1. The van der Waals surface area contributed by atoms with Crippen LogP contribution in [0.4, 0.5) is 10.1 Å². The van der Waals surface area contributed by atoms with Crippen LogP contribution in [0.1, 0.15) is 15.9 Å². The van der Waals surface area contributed by atoms with E-state index in [0.717, 1.165) is 0 Å². The fourth-order valence-corrected chi connectivity index (χ4v) is 1.85. The van der Waals surface area contributed by atoms with E-state index in [2.05, 4.69) is 0 Å². The van der Waals surface area contributed by atoms with E-state index in [0.29, 0.717) is 22.6 Å². The Labute approximate surface area is 122 Å². The Morgan fingerprint density at radius 2 is 1.95 bits per heavy atom. The maximum absolute atomic E-state index is 13.6. The van der Waals surface area contributed by atoms with Crippen LogP contribution in [0.25, 0.3) is 0 Å². The predicted octanol–water partition coefficient (Wildman–Crippen LogP) is 2.69. The summed E-state index contributed by atoms with van der Waals surface area (Å²) in [6.45, 7) is 0.0316. The van der Waals surface area contributed by atoms with Crippen molar-refractivity contribution in [1.29, 1.82) is 0 Å². The van der Waals surface area contributed by atoms with Gasteiger partial charge >= 0.3 is 0 Å². The van der Waals surface area contributed by atoms with Gasteiger partial charge in [-0.05, 0) is 18.2 Å². The van der Waals surface area contributed by atoms with E-state index in [1.807, 2.05) is 0 Å². The van der Waals surface area contributed by atoms with Crippen LogP contribution >= 0.6 is 0 Å². The molecule has 0 aliphatic heterocycles. The predicted molar refractivity (Wildman–Crippen MR) is 79.6 cm³/mol. The number of nitrogens with zero attached hydrogens (tertiary/aromatic N) is 1. The molecule has 0 aliphatic rings. The average Bonchev–Trinajstić information content (AvgIpc) is 2.46. The Morgan fingerprint density at radius 1 is 1.24 bits per heavy atom. The van der Waals surface area contributed by atoms with Crippen molar-refractivity contribution in [3.63, 3.8) is 0 Å². The molecule has 5 heteroatoms. The van der Waals surface area contributed by atoms with Crippen LogP contribution in [-0.4, -0.2) is 24.9 Å². The minimum Gasteiger partial charge on any atom is -0.488 e. The van der Waals surface area contributed by atoms with Crippen molar-refractivity contribution in [2.24, 2.45) is 0 Å². The zero-order chi connectivity index (χ0) is 15.4. The standard InChI is InChI=1S/C16H17FN2O2/c1-19(2)16(20)13-8-7-12(18)9-15(13)21-10-11-5-3-4-6-14(11)17/h3-9H,10,18H2,1-2H3. The van der Waals surface area contributed by atoms with Gasteiger partial charge in [-0.2, -0.15) is 0 Å². The highest BCUT2D eigenvalue weighted by Gasteiger charge is 2.15. The highest BCUT2D eigenvalue weighted by atomic mass is 19.1. The molecular weight excluding hydrogens is 271 g/mol. The number of carbonyl (C=O) groups excluding carboxylic acids is 1. The third-order valence-corrected chi connectivity index (χ3v) is 2.98. The topological polar surface area (TPSA) is 55.6 Å². The lowest BCUT2D eigenvalue weighted by molar-refractivity contribution is 0.0823. The van der Waals surface area contributed by atoms with Gasteiger partial charge in [-0.25, -0.2) is 4.39 Å². The lowest BCUT2D eigenvalue weighted by Gasteiger charge is -2.15. The van der Waals surface area contributed by atoms with E-state index in [4.69, 9.17) is 10.5 Å². The van der Waals surface area contributed by atoms with Crippen molar-refractivity contribution in [3.8, 4) is 5.75 Å². The van der Waals surface area contributed by atoms with Crippen LogP contribution in [-0.2, 0) is 6.61 Å². The number of anilines is 1. The van der Waals surface area contributed by atoms with E-state index in [1.54, 1.807) is 50.5 Å². The molecule has 2 N–H and O–H groups in total. The van der Waals surface area contributed by atoms with Crippen molar-refractivity contribution in [1.82, 2.24) is 4.90 Å². The maximum Gasteiger partial charge on any atom is 0.257 e. The molecule has 0 fully saturated rings. The molecule has 0 spiro atoms. The van der Waals surface area contributed by atoms with E-state index in [-0.39, 0.29) is 18.3 Å². The number of hydrogen-bond acceptors (Lipinski definition) is 3. The Balaban J connectivity index is 2.25. The molecule has 4 nitrogen and oxygen atoms in total. The molecule has 0 saturated carbocycles. The summed E-state index contributed by atoms with van der Waals surface area (Å²) in [5.41, 5.74) is 7.02. The van der Waals surface area contributed by atoms with E-state index in [1.165, 1.54) is 11.0 Å². The van der Waals surface area contributed by atoms with Crippen LogP contribution in [0, 0.1) is 5.82 Å². The number of benzene rings is 2. The Kier molecular flexibility index (Phi) is 4.42. The lowest BCUT2D eigenvalue weighted by Crippen LogP contribution is -2.22. The van der Waals surface area contributed by atoms with E-state index >= 15 is 0 Å². The van der Waals surface area contributed by atoms with Gasteiger partial charge in [-0.15, -0.1) is 0 Å². The van der Waals surface area contributed by atoms with Crippen LogP contribution in [0.3, 0.4) is 0 Å². The van der Waals surface area contributed by atoms with Crippen molar-refractivity contribution in [2.45, 2.75) is 6.61 Å². The smallest absolute Gasteiger partial charge is 0.257 e. The Hall–Kier alpha value is -2.56. The molecule has 110 valence electrons. The molecule has 0 radical (unpaired) electrons. The summed E-state index contributed by atoms with van der Waals surface area (Å²) in [4.78, 5) is 13.5. The largest absolute Gasteiger partial charge is 0.488 e. The molecule has 0 heterocycles. The second kappa shape index (κ2) is 6.26. The van der Waals surface area contributed by atoms with Gasteiger partial charge in [0.15, 0.2) is 0 Å². The first-order valence-electron chi connectivity index (χ1n) is 6.46. The molecule has 1 amide bonds. The Morgan fingerprint density at radius 3 is 2.62 bits per heavy atom. The highest BCUT2D eigenvalue weighted by Crippen LogP contribution is 2.24. The van der Waals surface area contributed by atoms with E-state index in [9.17, 15) is 9.18 Å². The zero-order valence-electron chi connectivity index (χ0n) is 12.0. The first kappa shape index (κ1) is 14.8. The summed E-state index contributed by atoms with van der Waals surface area (Å²) in [6.07, 6.45) is 0. The number of carbonyl (C=O) groups is 1. The monoisotopic (exact) mass is 288 g/mol. The van der Waals surface area contributed by atoms with Crippen molar-refractivity contribution < 1.29 is 13.9 Å². The molecule has 2 aromatic rings. The molecule has 0 bridgehead atoms. The Bertz CT molecular complexity index is 656. The van der Waals surface area contributed by atoms with Gasteiger partial charge in [0.1, 0.15) is 18.2 Å². The van der Waals surface area contributed by atoms with Gasteiger partial charge in [0.2, 0.25) is 0 Å². The lowest BCUT2D eigenvalue weighted by atomic mass is 10.1. The number of nitrogens with two attached hydrogens (primary N) is 1. The van der Waals surface area contributed by atoms with Crippen LogP contribution in [0.15, 0.2) is 42.5 Å². The number of amides is 1.